The number of anilines is 1. The molecule has 0 aliphatic carbocycles. The standard InChI is InChI=1S/C16H12BrN5O2S2/c1-10-13-7-2-3-8-14(13)25-16(10)26(23,24)22(17)12-6-4-5-11(9-12)15-18-20-21-19-15/h2-9H,1H3,(H,18,19,20,21). The van der Waals surface area contributed by atoms with Gasteiger partial charge in [0.25, 0.3) is 10.0 Å². The summed E-state index contributed by atoms with van der Waals surface area (Å²) in [6.45, 7) is 1.82. The van der Waals surface area contributed by atoms with Crippen LogP contribution < -0.4 is 3.33 Å². The summed E-state index contributed by atoms with van der Waals surface area (Å²) in [5.41, 5.74) is 1.84. The summed E-state index contributed by atoms with van der Waals surface area (Å²) in [4.78, 5) is 0. The molecule has 10 heteroatoms. The molecule has 7 nitrogen and oxygen atoms in total. The van der Waals surface area contributed by atoms with Crippen LogP contribution in [0.2, 0.25) is 0 Å². The molecule has 0 radical (unpaired) electrons. The Morgan fingerprint density at radius 1 is 1.15 bits per heavy atom. The molecule has 2 aromatic carbocycles. The van der Waals surface area contributed by atoms with Crippen molar-refractivity contribution in [2.45, 2.75) is 11.1 Å². The van der Waals surface area contributed by atoms with Crippen LogP contribution in [0.3, 0.4) is 0 Å². The smallest absolute Gasteiger partial charge is 0.199 e. The quantitative estimate of drug-likeness (QED) is 0.477. The van der Waals surface area contributed by atoms with Crippen LogP contribution in [0.25, 0.3) is 21.5 Å². The number of aromatic nitrogens is 4. The average Bonchev–Trinajstić information content (AvgIpc) is 3.30. The van der Waals surface area contributed by atoms with Crippen molar-refractivity contribution >= 4 is 53.3 Å². The number of halogens is 1. The first kappa shape index (κ1) is 17.1. The van der Waals surface area contributed by atoms with E-state index in [1.165, 1.54) is 11.3 Å². The monoisotopic (exact) mass is 449 g/mol. The highest BCUT2D eigenvalue weighted by Crippen LogP contribution is 2.38. The number of hydrogen-bond donors (Lipinski definition) is 1. The van der Waals surface area contributed by atoms with E-state index in [1.54, 1.807) is 24.3 Å². The average molecular weight is 450 g/mol. The molecule has 4 aromatic rings. The molecule has 0 unspecified atom stereocenters. The predicted molar refractivity (Wildman–Crippen MR) is 105 cm³/mol. The second-order valence-electron chi connectivity index (χ2n) is 5.52. The molecule has 0 bridgehead atoms. The lowest BCUT2D eigenvalue weighted by Gasteiger charge is -2.16. The van der Waals surface area contributed by atoms with Crippen molar-refractivity contribution in [3.8, 4) is 11.4 Å². The fourth-order valence-electron chi connectivity index (χ4n) is 2.65. The van der Waals surface area contributed by atoms with Crippen molar-refractivity contribution in [1.82, 2.24) is 20.6 Å². The van der Waals surface area contributed by atoms with Crippen LogP contribution in [-0.4, -0.2) is 29.0 Å². The van der Waals surface area contributed by atoms with Gasteiger partial charge in [-0.15, -0.1) is 21.5 Å². The van der Waals surface area contributed by atoms with Gasteiger partial charge in [-0.3, -0.25) is 0 Å². The second-order valence-corrected chi connectivity index (χ2v) is 9.73. The zero-order chi connectivity index (χ0) is 18.3. The highest BCUT2D eigenvalue weighted by Gasteiger charge is 2.28. The van der Waals surface area contributed by atoms with Gasteiger partial charge < -0.3 is 0 Å². The van der Waals surface area contributed by atoms with E-state index in [4.69, 9.17) is 0 Å². The van der Waals surface area contributed by atoms with E-state index < -0.39 is 10.0 Å². The fourth-order valence-corrected chi connectivity index (χ4v) is 6.48. The van der Waals surface area contributed by atoms with E-state index in [-0.39, 0.29) is 0 Å². The summed E-state index contributed by atoms with van der Waals surface area (Å²) in [6, 6.07) is 14.5. The number of hydrogen-bond acceptors (Lipinski definition) is 6. The topological polar surface area (TPSA) is 91.8 Å². The van der Waals surface area contributed by atoms with E-state index in [1.807, 2.05) is 31.2 Å². The van der Waals surface area contributed by atoms with Crippen LogP contribution in [0.5, 0.6) is 0 Å². The Morgan fingerprint density at radius 3 is 2.69 bits per heavy atom. The van der Waals surface area contributed by atoms with Gasteiger partial charge in [0, 0.05) is 10.3 Å². The molecule has 2 heterocycles. The summed E-state index contributed by atoms with van der Waals surface area (Å²) in [5, 5.41) is 14.7. The third-order valence-electron chi connectivity index (χ3n) is 3.90. The molecule has 0 saturated carbocycles. The van der Waals surface area contributed by atoms with Crippen LogP contribution in [0.4, 0.5) is 5.69 Å². The third kappa shape index (κ3) is 2.79. The molecular formula is C16H12BrN5O2S2. The fraction of sp³-hybridized carbons (Fsp3) is 0.0625. The number of nitrogens with zero attached hydrogens (tertiary/aromatic N) is 4. The number of benzene rings is 2. The number of sulfonamides is 1. The Balaban J connectivity index is 1.78. The van der Waals surface area contributed by atoms with E-state index in [0.29, 0.717) is 21.3 Å². The Labute approximate surface area is 162 Å². The van der Waals surface area contributed by atoms with Crippen LogP contribution in [0.15, 0.2) is 52.7 Å². The van der Waals surface area contributed by atoms with Gasteiger partial charge in [0.05, 0.1) is 21.8 Å². The molecule has 0 aliphatic heterocycles. The van der Waals surface area contributed by atoms with E-state index >= 15 is 0 Å². The maximum Gasteiger partial charge on any atom is 0.283 e. The van der Waals surface area contributed by atoms with Crippen molar-refractivity contribution in [1.29, 1.82) is 0 Å². The Morgan fingerprint density at radius 2 is 1.96 bits per heavy atom. The predicted octanol–water partition coefficient (Wildman–Crippen LogP) is 3.90. The van der Waals surface area contributed by atoms with E-state index in [9.17, 15) is 8.42 Å². The molecule has 132 valence electrons. The molecule has 0 fully saturated rings. The van der Waals surface area contributed by atoms with Crippen molar-refractivity contribution in [3.63, 3.8) is 0 Å². The first-order valence-corrected chi connectivity index (χ1v) is 10.5. The maximum atomic E-state index is 13.2. The van der Waals surface area contributed by atoms with Crippen LogP contribution >= 0.6 is 27.5 Å². The summed E-state index contributed by atoms with van der Waals surface area (Å²) in [7, 11) is -3.77. The molecule has 0 saturated heterocycles. The van der Waals surface area contributed by atoms with Crippen molar-refractivity contribution in [2.24, 2.45) is 0 Å². The third-order valence-corrected chi connectivity index (χ3v) is 8.81. The summed E-state index contributed by atoms with van der Waals surface area (Å²) in [5.74, 6) is 0.392. The molecular weight excluding hydrogens is 438 g/mol. The normalized spacial score (nSPS) is 11.8. The van der Waals surface area contributed by atoms with Gasteiger partial charge in [-0.05, 0) is 41.3 Å². The molecule has 1 N–H and O–H groups in total. The minimum absolute atomic E-state index is 0.306. The number of aromatic amines is 1. The van der Waals surface area contributed by atoms with E-state index in [0.717, 1.165) is 19.0 Å². The minimum Gasteiger partial charge on any atom is -0.199 e. The molecule has 0 aliphatic rings. The number of nitrogens with one attached hydrogen (secondary N) is 1. The van der Waals surface area contributed by atoms with Crippen LogP contribution in [0.1, 0.15) is 5.56 Å². The highest BCUT2D eigenvalue weighted by atomic mass is 79.9. The van der Waals surface area contributed by atoms with Crippen molar-refractivity contribution in [3.05, 3.63) is 54.1 Å². The second kappa shape index (κ2) is 6.45. The Kier molecular flexibility index (Phi) is 4.25. The molecule has 0 spiro atoms. The minimum atomic E-state index is -3.77. The van der Waals surface area contributed by atoms with Crippen LogP contribution in [-0.2, 0) is 10.0 Å². The summed E-state index contributed by atoms with van der Waals surface area (Å²) >= 11 is 4.48. The lowest BCUT2D eigenvalue weighted by Crippen LogP contribution is -2.20. The van der Waals surface area contributed by atoms with Gasteiger partial charge in [0.1, 0.15) is 4.21 Å². The summed E-state index contributed by atoms with van der Waals surface area (Å²) in [6.07, 6.45) is 0. The zero-order valence-electron chi connectivity index (χ0n) is 13.4. The number of H-pyrrole nitrogens is 1. The zero-order valence-corrected chi connectivity index (χ0v) is 16.6. The number of tetrazole rings is 1. The first-order valence-electron chi connectivity index (χ1n) is 7.51. The molecule has 0 amide bonds. The van der Waals surface area contributed by atoms with Gasteiger partial charge in [0.15, 0.2) is 0 Å². The lowest BCUT2D eigenvalue weighted by molar-refractivity contribution is 0.600. The molecule has 4 rings (SSSR count). The Hall–Kier alpha value is -2.30. The largest absolute Gasteiger partial charge is 0.283 e. The SMILES string of the molecule is Cc1c(S(=O)(=O)N(Br)c2cccc(-c3nn[nH]n3)c2)sc2ccccc12. The highest BCUT2D eigenvalue weighted by molar-refractivity contribution is 9.11. The maximum absolute atomic E-state index is 13.2. The number of aryl methyl sites for hydroxylation is 1. The first-order chi connectivity index (χ1) is 12.5. The van der Waals surface area contributed by atoms with Gasteiger partial charge in [-0.1, -0.05) is 30.3 Å². The molecule has 0 atom stereocenters. The van der Waals surface area contributed by atoms with Crippen LogP contribution in [0, 0.1) is 6.92 Å². The molecule has 2 aromatic heterocycles. The number of fused-ring (bicyclic) bond motifs is 1. The van der Waals surface area contributed by atoms with E-state index in [2.05, 4.69) is 36.8 Å². The van der Waals surface area contributed by atoms with Crippen molar-refractivity contribution in [2.75, 3.05) is 3.33 Å². The molecule has 26 heavy (non-hydrogen) atoms. The lowest BCUT2D eigenvalue weighted by atomic mass is 10.2. The number of rotatable bonds is 4. The van der Waals surface area contributed by atoms with Gasteiger partial charge >= 0.3 is 0 Å². The van der Waals surface area contributed by atoms with Gasteiger partial charge in [-0.2, -0.15) is 17.0 Å². The van der Waals surface area contributed by atoms with Crippen molar-refractivity contribution < 1.29 is 8.42 Å². The van der Waals surface area contributed by atoms with Gasteiger partial charge in [-0.25, -0.2) is 0 Å². The summed E-state index contributed by atoms with van der Waals surface area (Å²) < 4.78 is 28.7. The number of thiophene rings is 1. The Bertz CT molecular complexity index is 1190. The van der Waals surface area contributed by atoms with Gasteiger partial charge in [0.2, 0.25) is 5.82 Å².